The first kappa shape index (κ1) is 22.2. The first-order valence-corrected chi connectivity index (χ1v) is 9.82. The molecule has 0 aliphatic carbocycles. The fourth-order valence-corrected chi connectivity index (χ4v) is 3.67. The Balaban J connectivity index is 1.53. The van der Waals surface area contributed by atoms with Crippen molar-refractivity contribution in [3.8, 4) is 0 Å². The van der Waals surface area contributed by atoms with Crippen LogP contribution in [0.4, 0.5) is 33.9 Å². The highest BCUT2D eigenvalue weighted by Gasteiger charge is 2.45. The van der Waals surface area contributed by atoms with E-state index in [-0.39, 0.29) is 27.2 Å². The van der Waals surface area contributed by atoms with Gasteiger partial charge in [-0.2, -0.15) is 13.2 Å². The Morgan fingerprint density at radius 2 is 2.06 bits per heavy atom. The molecule has 0 saturated carbocycles. The number of nitrogens with one attached hydrogen (secondary N) is 2. The summed E-state index contributed by atoms with van der Waals surface area (Å²) in [6.45, 7) is 2.18. The maximum Gasteiger partial charge on any atom is 0.416 e. The van der Waals surface area contributed by atoms with Crippen LogP contribution in [-0.2, 0) is 0 Å². The van der Waals surface area contributed by atoms with Crippen molar-refractivity contribution in [3.05, 3.63) is 52.6 Å². The number of pyridine rings is 1. The Bertz CT molecular complexity index is 1160. The van der Waals surface area contributed by atoms with Gasteiger partial charge in [0.25, 0.3) is 0 Å². The third kappa shape index (κ3) is 4.30. The number of alkyl halides is 3. The molecule has 0 radical (unpaired) electrons. The van der Waals surface area contributed by atoms with Crippen LogP contribution >= 0.6 is 11.6 Å². The van der Waals surface area contributed by atoms with Crippen molar-refractivity contribution in [2.45, 2.75) is 25.2 Å². The lowest BCUT2D eigenvalue weighted by molar-refractivity contribution is -0.158. The molecule has 0 bridgehead atoms. The zero-order chi connectivity index (χ0) is 23.2. The van der Waals surface area contributed by atoms with Crippen molar-refractivity contribution < 1.29 is 31.9 Å². The summed E-state index contributed by atoms with van der Waals surface area (Å²) >= 11 is 5.90. The molecule has 2 aromatic heterocycles. The number of halogens is 5. The Morgan fingerprint density at radius 3 is 2.66 bits per heavy atom. The second-order valence-corrected chi connectivity index (χ2v) is 7.80. The van der Waals surface area contributed by atoms with Gasteiger partial charge in [-0.1, -0.05) is 11.6 Å². The minimum absolute atomic E-state index is 0.00628. The molecule has 1 atom stereocenters. The largest absolute Gasteiger partial charge is 0.457 e. The van der Waals surface area contributed by atoms with E-state index in [0.717, 1.165) is 12.1 Å². The molecular formula is C20H17ClF4N4O3. The summed E-state index contributed by atoms with van der Waals surface area (Å²) in [5, 5.41) is 13.4. The highest BCUT2D eigenvalue weighted by atomic mass is 35.5. The summed E-state index contributed by atoms with van der Waals surface area (Å²) in [6, 6.07) is 1.35. The van der Waals surface area contributed by atoms with Crippen LogP contribution in [0.25, 0.3) is 11.0 Å². The molecule has 0 unspecified atom stereocenters. The molecule has 3 aromatic rings. The summed E-state index contributed by atoms with van der Waals surface area (Å²) < 4.78 is 60.2. The molecule has 3 heterocycles. The fraction of sp³-hybridized carbons (Fsp3) is 0.300. The Labute approximate surface area is 184 Å². The number of rotatable bonds is 4. The molecule has 2 amide bonds. The van der Waals surface area contributed by atoms with Gasteiger partial charge in [0.15, 0.2) is 11.6 Å². The predicted molar refractivity (Wildman–Crippen MR) is 109 cm³/mol. The smallest absolute Gasteiger partial charge is 0.416 e. The monoisotopic (exact) mass is 472 g/mol. The number of hydrogen-bond donors (Lipinski definition) is 3. The highest BCUT2D eigenvalue weighted by Crippen LogP contribution is 2.40. The maximum atomic E-state index is 13.8. The number of urea groups is 1. The van der Waals surface area contributed by atoms with Crippen LogP contribution in [0.3, 0.4) is 0 Å². The molecule has 4 rings (SSSR count). The zero-order valence-electron chi connectivity index (χ0n) is 16.5. The van der Waals surface area contributed by atoms with Crippen molar-refractivity contribution in [3.63, 3.8) is 0 Å². The van der Waals surface area contributed by atoms with E-state index in [1.807, 2.05) is 5.32 Å². The molecule has 1 aliphatic heterocycles. The van der Waals surface area contributed by atoms with Crippen LogP contribution in [0, 0.1) is 12.7 Å². The Hall–Kier alpha value is -3.05. The van der Waals surface area contributed by atoms with E-state index in [4.69, 9.17) is 16.0 Å². The second kappa shape index (κ2) is 8.14. The SMILES string of the molecule is Cc1c([C@H](NC(=O)Nc2ccc(N3CC(O)C3)nc2)C(F)(F)F)oc2c(Cl)cc(F)cc12. The van der Waals surface area contributed by atoms with Crippen LogP contribution < -0.4 is 15.5 Å². The summed E-state index contributed by atoms with van der Waals surface area (Å²) in [5.74, 6) is -0.757. The molecule has 12 heteroatoms. The summed E-state index contributed by atoms with van der Waals surface area (Å²) in [7, 11) is 0. The van der Waals surface area contributed by atoms with Gasteiger partial charge >= 0.3 is 12.2 Å². The van der Waals surface area contributed by atoms with Gasteiger partial charge < -0.3 is 25.1 Å². The minimum atomic E-state index is -4.90. The average Bonchev–Trinajstić information content (AvgIpc) is 3.00. The number of furan rings is 1. The van der Waals surface area contributed by atoms with E-state index in [0.29, 0.717) is 18.9 Å². The number of anilines is 2. The van der Waals surface area contributed by atoms with Crippen LogP contribution in [0.15, 0.2) is 34.9 Å². The second-order valence-electron chi connectivity index (χ2n) is 7.39. The number of aliphatic hydroxyl groups excluding tert-OH is 1. The normalized spacial score (nSPS) is 15.5. The van der Waals surface area contributed by atoms with Gasteiger partial charge in [-0.3, -0.25) is 0 Å². The van der Waals surface area contributed by atoms with Gasteiger partial charge in [-0.25, -0.2) is 14.2 Å². The lowest BCUT2D eigenvalue weighted by atomic mass is 10.1. The number of amides is 2. The van der Waals surface area contributed by atoms with E-state index < -0.39 is 35.9 Å². The topological polar surface area (TPSA) is 90.6 Å². The van der Waals surface area contributed by atoms with E-state index in [1.165, 1.54) is 19.2 Å². The Morgan fingerprint density at radius 1 is 1.34 bits per heavy atom. The van der Waals surface area contributed by atoms with E-state index in [2.05, 4.69) is 10.3 Å². The van der Waals surface area contributed by atoms with Gasteiger partial charge in [-0.05, 0) is 31.2 Å². The van der Waals surface area contributed by atoms with E-state index in [9.17, 15) is 27.5 Å². The highest BCUT2D eigenvalue weighted by molar-refractivity contribution is 6.34. The molecule has 3 N–H and O–H groups in total. The number of aromatic nitrogens is 1. The molecule has 7 nitrogen and oxygen atoms in total. The van der Waals surface area contributed by atoms with Crippen LogP contribution in [-0.4, -0.2) is 41.5 Å². The number of fused-ring (bicyclic) bond motifs is 1. The molecule has 1 aromatic carbocycles. The number of carbonyl (C=O) groups is 1. The molecule has 32 heavy (non-hydrogen) atoms. The van der Waals surface area contributed by atoms with Gasteiger partial charge in [0.1, 0.15) is 17.4 Å². The van der Waals surface area contributed by atoms with Gasteiger partial charge in [0.2, 0.25) is 0 Å². The molecular weight excluding hydrogens is 456 g/mol. The number of nitrogens with zero attached hydrogens (tertiary/aromatic N) is 2. The number of aryl methyl sites for hydroxylation is 1. The molecule has 1 saturated heterocycles. The average molecular weight is 473 g/mol. The number of benzene rings is 1. The fourth-order valence-electron chi connectivity index (χ4n) is 3.42. The zero-order valence-corrected chi connectivity index (χ0v) is 17.3. The van der Waals surface area contributed by atoms with Crippen molar-refractivity contribution in [2.75, 3.05) is 23.3 Å². The Kier molecular flexibility index (Phi) is 5.63. The lowest BCUT2D eigenvalue weighted by Crippen LogP contribution is -2.51. The number of hydrogen-bond acceptors (Lipinski definition) is 5. The van der Waals surface area contributed by atoms with Crippen LogP contribution in [0.1, 0.15) is 17.4 Å². The first-order chi connectivity index (χ1) is 15.0. The standard InChI is InChI=1S/C20H17ClF4N4O3/c1-9-13-4-10(22)5-14(21)17(13)32-16(9)18(20(23,24)25)28-19(31)27-11-2-3-15(26-6-11)29-7-12(30)8-29/h2-6,12,18,30H,7-8H2,1H3,(H2,27,28,31)/t18-/m0/s1. The van der Waals surface area contributed by atoms with E-state index in [1.54, 1.807) is 11.0 Å². The van der Waals surface area contributed by atoms with Crippen LogP contribution in [0.5, 0.6) is 0 Å². The third-order valence-electron chi connectivity index (χ3n) is 5.05. The van der Waals surface area contributed by atoms with E-state index >= 15 is 0 Å². The lowest BCUT2D eigenvalue weighted by Gasteiger charge is -2.36. The number of aliphatic hydroxyl groups is 1. The van der Waals surface area contributed by atoms with Crippen LogP contribution in [0.2, 0.25) is 5.02 Å². The van der Waals surface area contributed by atoms with Crippen molar-refractivity contribution >= 4 is 40.1 Å². The summed E-state index contributed by atoms with van der Waals surface area (Å²) in [4.78, 5) is 18.2. The third-order valence-corrected chi connectivity index (χ3v) is 5.33. The number of β-amino-alcohol motifs (C(OH)–C–C–N with tert-alkyl or cyclic N) is 1. The van der Waals surface area contributed by atoms with Crippen molar-refractivity contribution in [1.82, 2.24) is 10.3 Å². The van der Waals surface area contributed by atoms with Crippen molar-refractivity contribution in [1.29, 1.82) is 0 Å². The van der Waals surface area contributed by atoms with Crippen molar-refractivity contribution in [2.24, 2.45) is 0 Å². The van der Waals surface area contributed by atoms with Gasteiger partial charge in [0, 0.05) is 24.0 Å². The quantitative estimate of drug-likeness (QED) is 0.485. The predicted octanol–water partition coefficient (Wildman–Crippen LogP) is 4.53. The molecule has 170 valence electrons. The number of carbonyl (C=O) groups excluding carboxylic acids is 1. The molecule has 1 aliphatic rings. The van der Waals surface area contributed by atoms with Gasteiger partial charge in [-0.15, -0.1) is 0 Å². The molecule has 0 spiro atoms. The minimum Gasteiger partial charge on any atom is -0.457 e. The summed E-state index contributed by atoms with van der Waals surface area (Å²) in [5.41, 5.74) is 0.0689. The first-order valence-electron chi connectivity index (χ1n) is 9.44. The molecule has 1 fully saturated rings. The summed E-state index contributed by atoms with van der Waals surface area (Å²) in [6.07, 6.45) is -4.04. The maximum absolute atomic E-state index is 13.8. The van der Waals surface area contributed by atoms with Gasteiger partial charge in [0.05, 0.1) is 23.0 Å².